The van der Waals surface area contributed by atoms with Gasteiger partial charge in [-0.1, -0.05) is 60.7 Å². The quantitative estimate of drug-likeness (QED) is 0.294. The van der Waals surface area contributed by atoms with Crippen LogP contribution in [0.15, 0.2) is 79.5 Å². The van der Waals surface area contributed by atoms with Crippen molar-refractivity contribution in [2.24, 2.45) is 5.92 Å². The number of sulfonamides is 1. The number of ether oxygens (including phenoxy) is 2. The van der Waals surface area contributed by atoms with Crippen LogP contribution in [0.3, 0.4) is 0 Å². The highest BCUT2D eigenvalue weighted by molar-refractivity contribution is 7.91. The molecule has 3 aromatic rings. The molecule has 14 heteroatoms. The molecule has 3 heterocycles. The van der Waals surface area contributed by atoms with Crippen molar-refractivity contribution >= 4 is 50.7 Å². The Kier molecular flexibility index (Phi) is 9.75. The maximum atomic E-state index is 14.5. The number of aromatic nitrogens is 1. The van der Waals surface area contributed by atoms with Crippen molar-refractivity contribution in [2.75, 3.05) is 13.2 Å². The summed E-state index contributed by atoms with van der Waals surface area (Å²) < 4.78 is 39.5. The molecule has 4 amide bonds. The lowest BCUT2D eigenvalue weighted by Crippen LogP contribution is -2.58. The maximum Gasteiger partial charge on any atom is 0.407 e. The van der Waals surface area contributed by atoms with E-state index in [-0.39, 0.29) is 32.4 Å². The first-order valence-corrected chi connectivity index (χ1v) is 19.1. The van der Waals surface area contributed by atoms with Crippen molar-refractivity contribution in [2.45, 2.75) is 73.9 Å². The van der Waals surface area contributed by atoms with Crippen molar-refractivity contribution in [3.05, 3.63) is 90.7 Å². The molecule has 0 radical (unpaired) electrons. The molecular formula is C38H41N5O8S. The first kappa shape index (κ1) is 35.2. The van der Waals surface area contributed by atoms with Gasteiger partial charge in [0.15, 0.2) is 0 Å². The lowest BCUT2D eigenvalue weighted by Gasteiger charge is -2.29. The minimum Gasteiger partial charge on any atom is -0.472 e. The van der Waals surface area contributed by atoms with Crippen molar-refractivity contribution in [3.63, 3.8) is 0 Å². The number of pyridine rings is 1. The summed E-state index contributed by atoms with van der Waals surface area (Å²) in [5.74, 6) is -2.22. The number of hydrogen-bond donors (Lipinski definition) is 3. The molecule has 272 valence electrons. The van der Waals surface area contributed by atoms with Crippen LogP contribution in [-0.4, -0.2) is 84.2 Å². The number of benzene rings is 2. The molecule has 2 aromatic carbocycles. The van der Waals surface area contributed by atoms with Crippen LogP contribution in [0.25, 0.3) is 16.8 Å². The largest absolute Gasteiger partial charge is 0.472 e. The van der Waals surface area contributed by atoms with Gasteiger partial charge in [-0.05, 0) is 60.7 Å². The smallest absolute Gasteiger partial charge is 0.407 e. The molecule has 1 aromatic heterocycles. The summed E-state index contributed by atoms with van der Waals surface area (Å²) in [6.45, 7) is 3.87. The van der Waals surface area contributed by atoms with E-state index in [0.29, 0.717) is 31.6 Å². The average Bonchev–Trinajstić information content (AvgIpc) is 4.06. The lowest BCUT2D eigenvalue weighted by atomic mass is 10.0. The predicted octanol–water partition coefficient (Wildman–Crippen LogP) is 3.40. The molecule has 52 heavy (non-hydrogen) atoms. The maximum absolute atomic E-state index is 14.5. The zero-order chi connectivity index (χ0) is 36.5. The van der Waals surface area contributed by atoms with Gasteiger partial charge in [0.1, 0.15) is 23.7 Å². The van der Waals surface area contributed by atoms with Gasteiger partial charge in [0.2, 0.25) is 27.7 Å². The normalized spacial score (nSPS) is 27.0. The molecule has 0 unspecified atom stereocenters. The van der Waals surface area contributed by atoms with E-state index in [2.05, 4.69) is 26.9 Å². The zero-order valence-electron chi connectivity index (χ0n) is 28.5. The standard InChI is InChI=1S/C38H41N5O8S/c1-2-27-22-38(27,36(46)42-52(48,49)29-14-15-29)41-33(44)32-21-28-23-43(32)35(45)31(20-24-9-5-3-6-10-24)40-37(47)50-18-8-4-7-11-25-12-13-26-16-17-39-34(51-28)30(26)19-25/h2-3,5-7,9-13,16-17,19,27-29,31-32H,1,4,8,14-15,18,20-23H2,(H,40,47)(H,41,44)(H,42,46)/b11-7+/t27-,28+,31-,32-,38+/m0/s1. The van der Waals surface area contributed by atoms with Crippen LogP contribution in [0, 0.1) is 5.92 Å². The first-order valence-electron chi connectivity index (χ1n) is 17.6. The number of allylic oxidation sites excluding steroid dienone is 1. The molecule has 13 nitrogen and oxygen atoms in total. The first-order chi connectivity index (χ1) is 25.1. The van der Waals surface area contributed by atoms with E-state index in [1.807, 2.05) is 66.7 Å². The highest BCUT2D eigenvalue weighted by atomic mass is 32.2. The van der Waals surface area contributed by atoms with Crippen molar-refractivity contribution in [1.82, 2.24) is 25.2 Å². The Balaban J connectivity index is 1.22. The van der Waals surface area contributed by atoms with Crippen LogP contribution in [0.4, 0.5) is 4.79 Å². The third kappa shape index (κ3) is 7.52. The van der Waals surface area contributed by atoms with Crippen molar-refractivity contribution in [1.29, 1.82) is 0 Å². The summed E-state index contributed by atoms with van der Waals surface area (Å²) in [6.07, 6.45) is 8.07. The minimum atomic E-state index is -3.89. The van der Waals surface area contributed by atoms with Gasteiger partial charge < -0.3 is 25.0 Å². The second-order valence-corrected chi connectivity index (χ2v) is 15.8. The molecule has 0 spiro atoms. The Morgan fingerprint density at radius 3 is 2.67 bits per heavy atom. The van der Waals surface area contributed by atoms with Gasteiger partial charge in [-0.3, -0.25) is 19.1 Å². The molecule has 7 rings (SSSR count). The molecule has 2 aliphatic heterocycles. The molecule has 4 bridgehead atoms. The van der Waals surface area contributed by atoms with Crippen LogP contribution in [0.5, 0.6) is 5.88 Å². The van der Waals surface area contributed by atoms with Crippen LogP contribution in [0.1, 0.15) is 49.7 Å². The number of nitrogens with zero attached hydrogens (tertiary/aromatic N) is 2. The fourth-order valence-corrected chi connectivity index (χ4v) is 8.29. The summed E-state index contributed by atoms with van der Waals surface area (Å²) in [5.41, 5.74) is 0.146. The van der Waals surface area contributed by atoms with Gasteiger partial charge in [-0.15, -0.1) is 6.58 Å². The second-order valence-electron chi connectivity index (χ2n) is 13.8. The molecule has 2 aliphatic carbocycles. The third-order valence-corrected chi connectivity index (χ3v) is 11.9. The van der Waals surface area contributed by atoms with Crippen LogP contribution >= 0.6 is 0 Å². The number of carbonyl (C=O) groups excluding carboxylic acids is 4. The lowest BCUT2D eigenvalue weighted by molar-refractivity contribution is -0.141. The summed E-state index contributed by atoms with van der Waals surface area (Å²) >= 11 is 0. The number of hydrogen-bond acceptors (Lipinski definition) is 9. The molecule has 4 aliphatic rings. The number of nitrogens with one attached hydrogen (secondary N) is 3. The molecule has 2 saturated carbocycles. The molecule has 5 atom stereocenters. The fourth-order valence-electron chi connectivity index (χ4n) is 6.93. The van der Waals surface area contributed by atoms with E-state index in [1.54, 1.807) is 6.20 Å². The van der Waals surface area contributed by atoms with E-state index in [9.17, 15) is 27.6 Å². The van der Waals surface area contributed by atoms with Gasteiger partial charge in [0, 0.05) is 30.3 Å². The number of fused-ring (bicyclic) bond motifs is 3. The average molecular weight is 728 g/mol. The fraction of sp³-hybridized carbons (Fsp3) is 0.395. The number of carbonyl (C=O) groups is 4. The van der Waals surface area contributed by atoms with Crippen LogP contribution in [-0.2, 0) is 35.6 Å². The van der Waals surface area contributed by atoms with Crippen LogP contribution < -0.4 is 20.1 Å². The van der Waals surface area contributed by atoms with Gasteiger partial charge in [-0.2, -0.15) is 0 Å². The summed E-state index contributed by atoms with van der Waals surface area (Å²) in [6, 6.07) is 14.7. The Labute approximate surface area is 301 Å². The molecule has 1 saturated heterocycles. The minimum absolute atomic E-state index is 0.0310. The van der Waals surface area contributed by atoms with Crippen molar-refractivity contribution < 1.29 is 37.1 Å². The third-order valence-electron chi connectivity index (χ3n) is 10.1. The highest BCUT2D eigenvalue weighted by Gasteiger charge is 2.62. The summed E-state index contributed by atoms with van der Waals surface area (Å²) in [4.78, 5) is 61.2. The molecule has 3 N–H and O–H groups in total. The van der Waals surface area contributed by atoms with E-state index < -0.39 is 68.7 Å². The summed E-state index contributed by atoms with van der Waals surface area (Å²) in [7, 11) is -3.89. The Bertz CT molecular complexity index is 2030. The summed E-state index contributed by atoms with van der Waals surface area (Å²) in [5, 5.41) is 6.54. The Morgan fingerprint density at radius 1 is 1.12 bits per heavy atom. The van der Waals surface area contributed by atoms with E-state index >= 15 is 0 Å². The Hall–Kier alpha value is -5.24. The number of cyclic esters (lactones) is 1. The zero-order valence-corrected chi connectivity index (χ0v) is 29.3. The SMILES string of the molecule is C=C[C@H]1C[C@]1(NC(=O)[C@@H]1C[C@@H]2CN1C(=O)[C@H](Cc1ccccc1)NC(=O)OCCC/C=C/c1ccc3ccnc(c3c1)O2)C(=O)NS(=O)(=O)C1CC1. The van der Waals surface area contributed by atoms with Crippen LogP contribution in [0.2, 0.25) is 0 Å². The number of amides is 4. The van der Waals surface area contributed by atoms with Crippen molar-refractivity contribution in [3.8, 4) is 5.88 Å². The number of alkyl carbamates (subject to hydrolysis) is 1. The topological polar surface area (TPSA) is 173 Å². The van der Waals surface area contributed by atoms with Gasteiger partial charge in [-0.25, -0.2) is 18.2 Å². The van der Waals surface area contributed by atoms with E-state index in [1.165, 1.54) is 11.0 Å². The molecular weight excluding hydrogens is 687 g/mol. The monoisotopic (exact) mass is 727 g/mol. The van der Waals surface area contributed by atoms with E-state index in [4.69, 9.17) is 9.47 Å². The predicted molar refractivity (Wildman–Crippen MR) is 192 cm³/mol. The second kappa shape index (κ2) is 14.4. The molecule has 3 fully saturated rings. The van der Waals surface area contributed by atoms with E-state index in [0.717, 1.165) is 21.9 Å². The number of rotatable bonds is 8. The highest BCUT2D eigenvalue weighted by Crippen LogP contribution is 2.45. The van der Waals surface area contributed by atoms with Gasteiger partial charge >= 0.3 is 6.09 Å². The van der Waals surface area contributed by atoms with Gasteiger partial charge in [0.05, 0.1) is 18.4 Å². The van der Waals surface area contributed by atoms with Gasteiger partial charge in [0.25, 0.3) is 5.91 Å². The Morgan fingerprint density at radius 2 is 1.92 bits per heavy atom.